The maximum absolute atomic E-state index is 8.59. The van der Waals surface area contributed by atoms with Crippen LogP contribution in [0.3, 0.4) is 0 Å². The van der Waals surface area contributed by atoms with E-state index in [2.05, 4.69) is 6.58 Å². The van der Waals surface area contributed by atoms with Crippen LogP contribution in [0.25, 0.3) is 0 Å². The van der Waals surface area contributed by atoms with Gasteiger partial charge in [-0.3, -0.25) is 0 Å². The van der Waals surface area contributed by atoms with Crippen LogP contribution in [-0.4, -0.2) is 11.7 Å². The highest BCUT2D eigenvalue weighted by molar-refractivity contribution is 5.13. The van der Waals surface area contributed by atoms with E-state index >= 15 is 0 Å². The minimum atomic E-state index is 0.196. The summed E-state index contributed by atoms with van der Waals surface area (Å²) in [4.78, 5) is 0. The topological polar surface area (TPSA) is 20.2 Å². The zero-order chi connectivity index (χ0) is 7.40. The molecular formula is C9H14O. The largest absolute Gasteiger partial charge is 0.392 e. The molecule has 1 aliphatic carbocycles. The van der Waals surface area contributed by atoms with Gasteiger partial charge >= 0.3 is 0 Å². The van der Waals surface area contributed by atoms with Crippen molar-refractivity contribution in [3.63, 3.8) is 0 Å². The normalized spacial score (nSPS) is 19.3. The highest BCUT2D eigenvalue weighted by Gasteiger charge is 2.06. The summed E-state index contributed by atoms with van der Waals surface area (Å²) in [5.74, 6) is 0. The third-order valence-corrected chi connectivity index (χ3v) is 1.98. The molecule has 0 unspecified atom stereocenters. The van der Waals surface area contributed by atoms with E-state index in [0.717, 1.165) is 25.7 Å². The molecule has 0 aromatic carbocycles. The maximum atomic E-state index is 8.59. The Labute approximate surface area is 62.1 Å². The van der Waals surface area contributed by atoms with Gasteiger partial charge in [0.25, 0.3) is 0 Å². The molecule has 0 bridgehead atoms. The van der Waals surface area contributed by atoms with E-state index in [0.29, 0.717) is 0 Å². The number of hydrogen-bond donors (Lipinski definition) is 1. The van der Waals surface area contributed by atoms with Gasteiger partial charge in [-0.25, -0.2) is 0 Å². The van der Waals surface area contributed by atoms with Crippen LogP contribution in [0.4, 0.5) is 0 Å². The molecule has 0 aromatic heterocycles. The zero-order valence-electron chi connectivity index (χ0n) is 6.27. The summed E-state index contributed by atoms with van der Waals surface area (Å²) in [6.45, 7) is 4.12. The van der Waals surface area contributed by atoms with Crippen LogP contribution in [0.1, 0.15) is 25.7 Å². The molecule has 1 N–H and O–H groups in total. The van der Waals surface area contributed by atoms with Gasteiger partial charge in [0.2, 0.25) is 0 Å². The first kappa shape index (κ1) is 7.55. The lowest BCUT2D eigenvalue weighted by Gasteiger charge is -2.15. The van der Waals surface area contributed by atoms with Gasteiger partial charge in [-0.05, 0) is 25.7 Å². The van der Waals surface area contributed by atoms with Crippen LogP contribution in [0.15, 0.2) is 23.8 Å². The molecule has 0 radical (unpaired) electrons. The number of hydrogen-bond acceptors (Lipinski definition) is 1. The summed E-state index contributed by atoms with van der Waals surface area (Å²) in [5, 5.41) is 8.59. The fourth-order valence-electron chi connectivity index (χ4n) is 1.26. The average molecular weight is 138 g/mol. The average Bonchev–Trinajstić information content (AvgIpc) is 1.95. The van der Waals surface area contributed by atoms with Crippen LogP contribution in [0.2, 0.25) is 0 Å². The number of allylic oxidation sites excluding steroid dienone is 2. The third kappa shape index (κ3) is 1.99. The molecule has 0 aliphatic heterocycles. The Morgan fingerprint density at radius 3 is 2.40 bits per heavy atom. The Bertz CT molecular complexity index is 144. The first-order valence-corrected chi connectivity index (χ1v) is 3.78. The van der Waals surface area contributed by atoms with Crippen LogP contribution < -0.4 is 0 Å². The second-order valence-electron chi connectivity index (χ2n) is 2.79. The predicted octanol–water partition coefficient (Wildman–Crippen LogP) is 2.04. The van der Waals surface area contributed by atoms with Gasteiger partial charge in [-0.2, -0.15) is 0 Å². The van der Waals surface area contributed by atoms with Gasteiger partial charge < -0.3 is 5.11 Å². The van der Waals surface area contributed by atoms with Crippen molar-refractivity contribution in [2.45, 2.75) is 25.7 Å². The van der Waals surface area contributed by atoms with E-state index in [1.807, 2.05) is 6.08 Å². The molecule has 0 spiro atoms. The van der Waals surface area contributed by atoms with Gasteiger partial charge in [0.15, 0.2) is 0 Å². The molecular weight excluding hydrogens is 124 g/mol. The van der Waals surface area contributed by atoms with Gasteiger partial charge in [0, 0.05) is 0 Å². The van der Waals surface area contributed by atoms with Gasteiger partial charge in [0.05, 0.1) is 6.61 Å². The number of aliphatic hydroxyl groups is 1. The van der Waals surface area contributed by atoms with Crippen molar-refractivity contribution in [2.75, 3.05) is 6.61 Å². The number of aliphatic hydroxyl groups excluding tert-OH is 1. The summed E-state index contributed by atoms with van der Waals surface area (Å²) in [6, 6.07) is 0. The highest BCUT2D eigenvalue weighted by atomic mass is 16.2. The summed E-state index contributed by atoms with van der Waals surface area (Å²) in [5.41, 5.74) is 2.75. The van der Waals surface area contributed by atoms with Gasteiger partial charge in [-0.15, -0.1) is 0 Å². The van der Waals surface area contributed by atoms with Crippen molar-refractivity contribution in [1.82, 2.24) is 0 Å². The van der Waals surface area contributed by atoms with Crippen LogP contribution in [0.5, 0.6) is 0 Å². The zero-order valence-corrected chi connectivity index (χ0v) is 6.27. The monoisotopic (exact) mass is 138 g/mol. The maximum Gasteiger partial charge on any atom is 0.0615 e. The van der Waals surface area contributed by atoms with E-state index in [1.54, 1.807) is 0 Å². The fourth-order valence-corrected chi connectivity index (χ4v) is 1.26. The molecule has 1 aliphatic rings. The smallest absolute Gasteiger partial charge is 0.0615 e. The highest BCUT2D eigenvalue weighted by Crippen LogP contribution is 2.25. The lowest BCUT2D eigenvalue weighted by molar-refractivity contribution is 0.340. The molecule has 1 heteroatoms. The third-order valence-electron chi connectivity index (χ3n) is 1.98. The molecule has 0 heterocycles. The van der Waals surface area contributed by atoms with Crippen molar-refractivity contribution in [2.24, 2.45) is 0 Å². The summed E-state index contributed by atoms with van der Waals surface area (Å²) >= 11 is 0. The molecule has 0 amide bonds. The van der Waals surface area contributed by atoms with Crippen LogP contribution >= 0.6 is 0 Å². The lowest BCUT2D eigenvalue weighted by atomic mass is 9.91. The second kappa shape index (κ2) is 3.57. The van der Waals surface area contributed by atoms with Crippen molar-refractivity contribution < 1.29 is 5.11 Å². The molecule has 56 valence electrons. The molecule has 0 aromatic rings. The predicted molar refractivity (Wildman–Crippen MR) is 42.8 cm³/mol. The minimum Gasteiger partial charge on any atom is -0.392 e. The van der Waals surface area contributed by atoms with E-state index < -0.39 is 0 Å². The van der Waals surface area contributed by atoms with Crippen molar-refractivity contribution in [1.29, 1.82) is 0 Å². The van der Waals surface area contributed by atoms with Gasteiger partial charge in [0.1, 0.15) is 0 Å². The molecule has 0 atom stereocenters. The molecule has 1 fully saturated rings. The van der Waals surface area contributed by atoms with E-state index in [-0.39, 0.29) is 6.61 Å². The van der Waals surface area contributed by atoms with Crippen LogP contribution in [0, 0.1) is 0 Å². The Hall–Kier alpha value is -0.560. The standard InChI is InChI=1S/C9H14O/c1-8-2-4-9(5-3-8)6-7-10/h6,10H,1-5,7H2. The van der Waals surface area contributed by atoms with Gasteiger partial charge in [-0.1, -0.05) is 23.8 Å². The lowest BCUT2D eigenvalue weighted by Crippen LogP contribution is -1.97. The van der Waals surface area contributed by atoms with Crippen molar-refractivity contribution >= 4 is 0 Å². The Morgan fingerprint density at radius 2 is 1.90 bits per heavy atom. The minimum absolute atomic E-state index is 0.196. The van der Waals surface area contributed by atoms with Crippen molar-refractivity contribution in [3.05, 3.63) is 23.8 Å². The summed E-state index contributed by atoms with van der Waals surface area (Å²) in [6.07, 6.45) is 6.38. The van der Waals surface area contributed by atoms with Crippen molar-refractivity contribution in [3.8, 4) is 0 Å². The Morgan fingerprint density at radius 1 is 1.30 bits per heavy atom. The molecule has 1 nitrogen and oxygen atoms in total. The van der Waals surface area contributed by atoms with E-state index in [1.165, 1.54) is 11.1 Å². The quantitative estimate of drug-likeness (QED) is 0.550. The second-order valence-corrected chi connectivity index (χ2v) is 2.79. The summed E-state index contributed by atoms with van der Waals surface area (Å²) in [7, 11) is 0. The first-order valence-electron chi connectivity index (χ1n) is 3.78. The Balaban J connectivity index is 2.39. The molecule has 1 saturated carbocycles. The Kier molecular flexibility index (Phi) is 2.69. The summed E-state index contributed by atoms with van der Waals surface area (Å²) < 4.78 is 0. The van der Waals surface area contributed by atoms with E-state index in [9.17, 15) is 0 Å². The fraction of sp³-hybridized carbons (Fsp3) is 0.556. The molecule has 0 saturated heterocycles. The van der Waals surface area contributed by atoms with Crippen LogP contribution in [-0.2, 0) is 0 Å². The first-order chi connectivity index (χ1) is 4.83. The molecule has 10 heavy (non-hydrogen) atoms. The number of rotatable bonds is 1. The molecule has 1 rings (SSSR count). The SMILES string of the molecule is C=C1CCC(=CCO)CC1. The van der Waals surface area contributed by atoms with E-state index in [4.69, 9.17) is 5.11 Å².